The molecule has 3 N–H and O–H groups in total. The number of nitrogens with one attached hydrogen (secondary N) is 1. The Morgan fingerprint density at radius 3 is 2.58 bits per heavy atom. The van der Waals surface area contributed by atoms with Crippen LogP contribution in [0.4, 0.5) is 5.00 Å². The molecule has 24 heavy (non-hydrogen) atoms. The number of nitrogens with zero attached hydrogens (tertiary/aromatic N) is 1. The lowest BCUT2D eigenvalue weighted by molar-refractivity contribution is -0.126. The largest absolute Gasteiger partial charge is 0.373 e. The minimum Gasteiger partial charge on any atom is -0.373 e. The van der Waals surface area contributed by atoms with Crippen LogP contribution < -0.4 is 11.1 Å². The summed E-state index contributed by atoms with van der Waals surface area (Å²) in [5.74, 6) is -0.551. The quantitative estimate of drug-likeness (QED) is 0.866. The molecule has 132 valence electrons. The molecule has 1 fully saturated rings. The number of hydrogen-bond acceptors (Lipinski definition) is 5. The van der Waals surface area contributed by atoms with Crippen LogP contribution >= 0.6 is 11.3 Å². The van der Waals surface area contributed by atoms with Crippen LogP contribution in [-0.4, -0.2) is 48.1 Å². The number of primary amides is 1. The number of ether oxygens (including phenoxy) is 1. The van der Waals surface area contributed by atoms with E-state index in [1.807, 2.05) is 20.8 Å². The Bertz CT molecular complexity index is 648. The number of fused-ring (bicyclic) bond motifs is 1. The lowest BCUT2D eigenvalue weighted by Crippen LogP contribution is -2.52. The zero-order chi connectivity index (χ0) is 17.4. The van der Waals surface area contributed by atoms with Crippen molar-refractivity contribution in [3.63, 3.8) is 0 Å². The van der Waals surface area contributed by atoms with Crippen LogP contribution in [-0.2, 0) is 22.4 Å². The number of anilines is 1. The van der Waals surface area contributed by atoms with E-state index in [0.717, 1.165) is 37.9 Å². The second kappa shape index (κ2) is 6.82. The molecule has 0 unspecified atom stereocenters. The molecule has 6 nitrogen and oxygen atoms in total. The van der Waals surface area contributed by atoms with Gasteiger partial charge in [0, 0.05) is 18.0 Å². The van der Waals surface area contributed by atoms with Crippen LogP contribution in [0.5, 0.6) is 0 Å². The fourth-order valence-corrected chi connectivity index (χ4v) is 4.97. The molecule has 2 heterocycles. The Balaban J connectivity index is 1.74. The SMILES string of the molecule is C[C@@H]1CN([C@@H](C)C(=O)Nc2sc3c(c2C(N)=O)CCC3)C[C@H](C)O1. The van der Waals surface area contributed by atoms with Crippen LogP contribution in [0, 0.1) is 0 Å². The zero-order valence-corrected chi connectivity index (χ0v) is 15.2. The van der Waals surface area contributed by atoms with Crippen molar-refractivity contribution in [1.29, 1.82) is 0 Å². The van der Waals surface area contributed by atoms with E-state index in [2.05, 4.69) is 10.2 Å². The molecule has 2 aliphatic rings. The number of thiophene rings is 1. The highest BCUT2D eigenvalue weighted by Crippen LogP contribution is 2.38. The second-order valence-corrected chi connectivity index (χ2v) is 7.91. The van der Waals surface area contributed by atoms with Crippen LogP contribution in [0.3, 0.4) is 0 Å². The monoisotopic (exact) mass is 351 g/mol. The maximum atomic E-state index is 12.7. The summed E-state index contributed by atoms with van der Waals surface area (Å²) >= 11 is 1.49. The van der Waals surface area contributed by atoms with Gasteiger partial charge in [0.25, 0.3) is 5.91 Å². The van der Waals surface area contributed by atoms with Gasteiger partial charge in [-0.1, -0.05) is 0 Å². The Morgan fingerprint density at radius 1 is 1.29 bits per heavy atom. The van der Waals surface area contributed by atoms with Gasteiger partial charge in [-0.2, -0.15) is 0 Å². The van der Waals surface area contributed by atoms with E-state index in [0.29, 0.717) is 10.6 Å². The number of morpholine rings is 1. The first-order valence-corrected chi connectivity index (χ1v) is 9.33. The lowest BCUT2D eigenvalue weighted by atomic mass is 10.1. The molecular weight excluding hydrogens is 326 g/mol. The average molecular weight is 351 g/mol. The standard InChI is InChI=1S/C17H25N3O3S/c1-9-7-20(8-10(2)23-9)11(3)16(22)19-17-14(15(18)21)12-5-4-6-13(12)24-17/h9-11H,4-8H2,1-3H3,(H2,18,21)(H,19,22)/t9-,10+,11-/m0/s1. The minimum atomic E-state index is -0.453. The third-order valence-electron chi connectivity index (χ3n) is 4.78. The van der Waals surface area contributed by atoms with Gasteiger partial charge in [0.2, 0.25) is 5.91 Å². The van der Waals surface area contributed by atoms with E-state index in [-0.39, 0.29) is 24.2 Å². The maximum absolute atomic E-state index is 12.7. The summed E-state index contributed by atoms with van der Waals surface area (Å²) in [5, 5.41) is 3.55. The molecule has 0 spiro atoms. The van der Waals surface area contributed by atoms with Gasteiger partial charge in [-0.05, 0) is 45.6 Å². The fourth-order valence-electron chi connectivity index (χ4n) is 3.67. The zero-order valence-electron chi connectivity index (χ0n) is 14.4. The summed E-state index contributed by atoms with van der Waals surface area (Å²) in [6, 6.07) is -0.281. The predicted molar refractivity (Wildman–Crippen MR) is 94.5 cm³/mol. The van der Waals surface area contributed by atoms with Crippen molar-refractivity contribution >= 4 is 28.2 Å². The third-order valence-corrected chi connectivity index (χ3v) is 5.99. The van der Waals surface area contributed by atoms with Crippen molar-refractivity contribution in [2.24, 2.45) is 5.73 Å². The summed E-state index contributed by atoms with van der Waals surface area (Å²) in [5.41, 5.74) is 7.10. The average Bonchev–Trinajstić information content (AvgIpc) is 3.05. The number of aryl methyl sites for hydroxylation is 1. The number of carbonyl (C=O) groups is 2. The Morgan fingerprint density at radius 2 is 1.96 bits per heavy atom. The molecule has 0 bridgehead atoms. The first-order chi connectivity index (χ1) is 11.4. The predicted octanol–water partition coefficient (Wildman–Crippen LogP) is 1.77. The number of rotatable bonds is 4. The van der Waals surface area contributed by atoms with Crippen molar-refractivity contribution in [3.8, 4) is 0 Å². The van der Waals surface area contributed by atoms with Gasteiger partial charge in [0.05, 0.1) is 23.8 Å². The molecule has 3 atom stereocenters. The molecule has 1 aliphatic carbocycles. The molecule has 3 rings (SSSR count). The molecule has 1 aliphatic heterocycles. The first-order valence-electron chi connectivity index (χ1n) is 8.51. The molecule has 1 saturated heterocycles. The van der Waals surface area contributed by atoms with Gasteiger partial charge in [-0.15, -0.1) is 11.3 Å². The maximum Gasteiger partial charge on any atom is 0.251 e. The smallest absolute Gasteiger partial charge is 0.251 e. The van der Waals surface area contributed by atoms with Crippen LogP contribution in [0.2, 0.25) is 0 Å². The second-order valence-electron chi connectivity index (χ2n) is 6.80. The molecule has 0 radical (unpaired) electrons. The summed E-state index contributed by atoms with van der Waals surface area (Å²) in [6.07, 6.45) is 3.10. The van der Waals surface area contributed by atoms with Crippen molar-refractivity contribution in [1.82, 2.24) is 4.90 Å². The Hall–Kier alpha value is -1.44. The van der Waals surface area contributed by atoms with Crippen LogP contribution in [0.1, 0.15) is 48.0 Å². The number of nitrogens with two attached hydrogens (primary N) is 1. The van der Waals surface area contributed by atoms with Crippen molar-refractivity contribution in [2.45, 2.75) is 58.3 Å². The molecule has 0 saturated carbocycles. The number of hydrogen-bond donors (Lipinski definition) is 2. The van der Waals surface area contributed by atoms with Crippen LogP contribution in [0.25, 0.3) is 0 Å². The minimum absolute atomic E-state index is 0.0984. The molecular formula is C17H25N3O3S. The summed E-state index contributed by atoms with van der Waals surface area (Å²) in [7, 11) is 0. The van der Waals surface area contributed by atoms with Crippen molar-refractivity contribution in [2.75, 3.05) is 18.4 Å². The van der Waals surface area contributed by atoms with Crippen LogP contribution in [0.15, 0.2) is 0 Å². The highest BCUT2D eigenvalue weighted by atomic mass is 32.1. The molecule has 1 aromatic heterocycles. The van der Waals surface area contributed by atoms with E-state index in [9.17, 15) is 9.59 Å². The topological polar surface area (TPSA) is 84.7 Å². The van der Waals surface area contributed by atoms with Gasteiger partial charge in [0.1, 0.15) is 5.00 Å². The Labute approximate surface area is 146 Å². The van der Waals surface area contributed by atoms with Gasteiger partial charge < -0.3 is 15.8 Å². The number of carbonyl (C=O) groups excluding carboxylic acids is 2. The molecule has 0 aromatic carbocycles. The van der Waals surface area contributed by atoms with Gasteiger partial charge in [-0.25, -0.2) is 0 Å². The van der Waals surface area contributed by atoms with E-state index in [1.165, 1.54) is 16.2 Å². The highest BCUT2D eigenvalue weighted by Gasteiger charge is 2.31. The van der Waals surface area contributed by atoms with Gasteiger partial charge >= 0.3 is 0 Å². The van der Waals surface area contributed by atoms with E-state index >= 15 is 0 Å². The van der Waals surface area contributed by atoms with Crippen molar-refractivity contribution in [3.05, 3.63) is 16.0 Å². The van der Waals surface area contributed by atoms with E-state index in [4.69, 9.17) is 10.5 Å². The van der Waals surface area contributed by atoms with Gasteiger partial charge in [-0.3, -0.25) is 14.5 Å². The molecule has 2 amide bonds. The first kappa shape index (κ1) is 17.4. The third kappa shape index (κ3) is 3.34. The highest BCUT2D eigenvalue weighted by molar-refractivity contribution is 7.17. The van der Waals surface area contributed by atoms with E-state index < -0.39 is 5.91 Å². The van der Waals surface area contributed by atoms with E-state index in [1.54, 1.807) is 0 Å². The molecule has 1 aromatic rings. The lowest BCUT2D eigenvalue weighted by Gasteiger charge is -2.38. The fraction of sp³-hybridized carbons (Fsp3) is 0.647. The summed E-state index contributed by atoms with van der Waals surface area (Å²) in [4.78, 5) is 27.8. The Kier molecular flexibility index (Phi) is 4.94. The normalized spacial score (nSPS) is 25.3. The summed E-state index contributed by atoms with van der Waals surface area (Å²) < 4.78 is 5.72. The van der Waals surface area contributed by atoms with Crippen molar-refractivity contribution < 1.29 is 14.3 Å². The van der Waals surface area contributed by atoms with Gasteiger partial charge in [0.15, 0.2) is 0 Å². The summed E-state index contributed by atoms with van der Waals surface area (Å²) in [6.45, 7) is 7.38. The molecule has 7 heteroatoms. The number of amides is 2.